The van der Waals surface area contributed by atoms with Gasteiger partial charge in [-0.05, 0) is 35.2 Å². The molecular formula is C27H30FN3O4S. The lowest BCUT2D eigenvalue weighted by atomic mass is 10.0. The number of carbonyl (C=O) groups excluding carboxylic acids is 2. The van der Waals surface area contributed by atoms with Gasteiger partial charge in [0.15, 0.2) is 0 Å². The Hall–Kier alpha value is -3.56. The monoisotopic (exact) mass is 511 g/mol. The number of amides is 2. The van der Waals surface area contributed by atoms with Crippen molar-refractivity contribution >= 4 is 21.8 Å². The van der Waals surface area contributed by atoms with Crippen LogP contribution in [0.4, 0.5) is 4.39 Å². The van der Waals surface area contributed by atoms with Crippen molar-refractivity contribution in [2.75, 3.05) is 26.4 Å². The lowest BCUT2D eigenvalue weighted by Crippen LogP contribution is -2.47. The molecule has 1 atom stereocenters. The van der Waals surface area contributed by atoms with Crippen LogP contribution in [-0.2, 0) is 32.6 Å². The second-order valence-corrected chi connectivity index (χ2v) is 10.6. The highest BCUT2D eigenvalue weighted by molar-refractivity contribution is 7.88. The van der Waals surface area contributed by atoms with Crippen LogP contribution in [0.25, 0.3) is 0 Å². The van der Waals surface area contributed by atoms with E-state index in [0.29, 0.717) is 24.1 Å². The number of rotatable bonds is 11. The van der Waals surface area contributed by atoms with Gasteiger partial charge in [0, 0.05) is 20.1 Å². The molecule has 2 amide bonds. The van der Waals surface area contributed by atoms with Crippen molar-refractivity contribution in [2.45, 2.75) is 19.0 Å². The van der Waals surface area contributed by atoms with E-state index >= 15 is 0 Å². The van der Waals surface area contributed by atoms with Crippen molar-refractivity contribution in [3.05, 3.63) is 107 Å². The van der Waals surface area contributed by atoms with Gasteiger partial charge < -0.3 is 10.2 Å². The van der Waals surface area contributed by atoms with E-state index in [2.05, 4.69) is 5.32 Å². The standard InChI is InChI=1S/C27H30FN3O4S/c1-30(36(2,34)35)20-25(32)31(19-22-13-15-24(28)16-14-22)26(23-11-7-4-8-12-23)27(33)29-18-17-21-9-5-3-6-10-21/h3-16,26H,17-20H2,1-2H3,(H,29,33)/t26-/m0/s1. The maximum atomic E-state index is 13.5. The Morgan fingerprint density at radius 1 is 0.889 bits per heavy atom. The first-order valence-corrected chi connectivity index (χ1v) is 13.3. The fraction of sp³-hybridized carbons (Fsp3) is 0.259. The molecule has 0 radical (unpaired) electrons. The summed E-state index contributed by atoms with van der Waals surface area (Å²) < 4.78 is 38.4. The number of nitrogens with zero attached hydrogens (tertiary/aromatic N) is 2. The summed E-state index contributed by atoms with van der Waals surface area (Å²) in [6, 6.07) is 23.1. The minimum Gasteiger partial charge on any atom is -0.354 e. The lowest BCUT2D eigenvalue weighted by molar-refractivity contribution is -0.141. The number of benzene rings is 3. The number of hydrogen-bond donors (Lipinski definition) is 1. The number of hydrogen-bond acceptors (Lipinski definition) is 4. The molecule has 0 saturated carbocycles. The molecule has 0 spiro atoms. The van der Waals surface area contributed by atoms with Crippen LogP contribution in [-0.4, -0.2) is 55.8 Å². The molecule has 190 valence electrons. The van der Waals surface area contributed by atoms with Crippen LogP contribution in [0, 0.1) is 5.82 Å². The van der Waals surface area contributed by atoms with E-state index in [1.54, 1.807) is 30.3 Å². The van der Waals surface area contributed by atoms with Crippen LogP contribution in [0.3, 0.4) is 0 Å². The number of carbonyl (C=O) groups is 2. The molecule has 3 aromatic rings. The van der Waals surface area contributed by atoms with Crippen LogP contribution < -0.4 is 5.32 Å². The Morgan fingerprint density at radius 3 is 2.06 bits per heavy atom. The number of sulfonamides is 1. The third kappa shape index (κ3) is 7.73. The maximum absolute atomic E-state index is 13.5. The summed E-state index contributed by atoms with van der Waals surface area (Å²) in [7, 11) is -2.32. The molecule has 0 aromatic heterocycles. The van der Waals surface area contributed by atoms with E-state index in [-0.39, 0.29) is 6.54 Å². The highest BCUT2D eigenvalue weighted by Crippen LogP contribution is 2.24. The van der Waals surface area contributed by atoms with Gasteiger partial charge in [0.2, 0.25) is 21.8 Å². The van der Waals surface area contributed by atoms with Crippen molar-refractivity contribution in [1.29, 1.82) is 0 Å². The van der Waals surface area contributed by atoms with Crippen molar-refractivity contribution in [3.8, 4) is 0 Å². The molecule has 0 aliphatic rings. The molecule has 3 rings (SSSR count). The zero-order valence-corrected chi connectivity index (χ0v) is 21.1. The summed E-state index contributed by atoms with van der Waals surface area (Å²) in [6.07, 6.45) is 1.62. The van der Waals surface area contributed by atoms with Crippen molar-refractivity contribution in [2.24, 2.45) is 0 Å². The molecule has 0 aliphatic carbocycles. The van der Waals surface area contributed by atoms with Crippen LogP contribution in [0.2, 0.25) is 0 Å². The highest BCUT2D eigenvalue weighted by atomic mass is 32.2. The molecule has 36 heavy (non-hydrogen) atoms. The molecule has 3 aromatic carbocycles. The van der Waals surface area contributed by atoms with E-state index in [9.17, 15) is 22.4 Å². The molecule has 0 bridgehead atoms. The first-order valence-electron chi connectivity index (χ1n) is 11.5. The Bertz CT molecular complexity index is 1250. The van der Waals surface area contributed by atoms with Crippen molar-refractivity contribution < 1.29 is 22.4 Å². The molecule has 7 nitrogen and oxygen atoms in total. The van der Waals surface area contributed by atoms with Gasteiger partial charge in [-0.2, -0.15) is 4.31 Å². The van der Waals surface area contributed by atoms with Gasteiger partial charge in [0.25, 0.3) is 0 Å². The van der Waals surface area contributed by atoms with Crippen molar-refractivity contribution in [1.82, 2.24) is 14.5 Å². The van der Waals surface area contributed by atoms with Gasteiger partial charge in [-0.3, -0.25) is 9.59 Å². The van der Waals surface area contributed by atoms with Gasteiger partial charge in [-0.1, -0.05) is 72.8 Å². The van der Waals surface area contributed by atoms with Gasteiger partial charge in [-0.25, -0.2) is 12.8 Å². The summed E-state index contributed by atoms with van der Waals surface area (Å²) in [5.41, 5.74) is 2.24. The van der Waals surface area contributed by atoms with Crippen molar-refractivity contribution in [3.63, 3.8) is 0 Å². The molecule has 0 heterocycles. The topological polar surface area (TPSA) is 86.8 Å². The number of nitrogens with one attached hydrogen (secondary N) is 1. The fourth-order valence-electron chi connectivity index (χ4n) is 3.69. The largest absolute Gasteiger partial charge is 0.354 e. The molecule has 0 unspecified atom stereocenters. The quantitative estimate of drug-likeness (QED) is 0.429. The van der Waals surface area contributed by atoms with Crippen LogP contribution in [0.15, 0.2) is 84.9 Å². The Kier molecular flexibility index (Phi) is 9.32. The lowest BCUT2D eigenvalue weighted by Gasteiger charge is -2.32. The minimum absolute atomic E-state index is 0.0115. The van der Waals surface area contributed by atoms with Gasteiger partial charge in [0.05, 0.1) is 12.8 Å². The van der Waals surface area contributed by atoms with E-state index in [1.165, 1.54) is 36.2 Å². The number of halogens is 1. The van der Waals surface area contributed by atoms with Gasteiger partial charge in [0.1, 0.15) is 11.9 Å². The average molecular weight is 512 g/mol. The molecule has 1 N–H and O–H groups in total. The summed E-state index contributed by atoms with van der Waals surface area (Å²) in [4.78, 5) is 28.3. The third-order valence-corrected chi connectivity index (χ3v) is 7.00. The summed E-state index contributed by atoms with van der Waals surface area (Å²) in [6.45, 7) is -0.100. The fourth-order valence-corrected chi connectivity index (χ4v) is 4.03. The Balaban J connectivity index is 1.91. The van der Waals surface area contributed by atoms with E-state index in [0.717, 1.165) is 16.1 Å². The zero-order valence-electron chi connectivity index (χ0n) is 20.3. The molecule has 0 fully saturated rings. The molecular weight excluding hydrogens is 481 g/mol. The first-order chi connectivity index (χ1) is 17.1. The summed E-state index contributed by atoms with van der Waals surface area (Å²) >= 11 is 0. The predicted octanol–water partition coefficient (Wildman–Crippen LogP) is 3.15. The van der Waals surface area contributed by atoms with Crippen LogP contribution >= 0.6 is 0 Å². The second kappa shape index (κ2) is 12.4. The normalized spacial score (nSPS) is 12.2. The SMILES string of the molecule is CN(CC(=O)N(Cc1ccc(F)cc1)[C@H](C(=O)NCCc1ccccc1)c1ccccc1)S(C)(=O)=O. The minimum atomic E-state index is -3.63. The second-order valence-electron chi connectivity index (χ2n) is 8.51. The first kappa shape index (κ1) is 27.0. The average Bonchev–Trinajstić information content (AvgIpc) is 2.85. The van der Waals surface area contributed by atoms with E-state index < -0.39 is 40.2 Å². The highest BCUT2D eigenvalue weighted by Gasteiger charge is 2.32. The number of likely N-dealkylation sites (N-methyl/N-ethyl adjacent to an activating group) is 1. The summed E-state index contributed by atoms with van der Waals surface area (Å²) in [5.74, 6) is -1.37. The molecule has 9 heteroatoms. The van der Waals surface area contributed by atoms with Crippen LogP contribution in [0.1, 0.15) is 22.7 Å². The predicted molar refractivity (Wildman–Crippen MR) is 137 cm³/mol. The Morgan fingerprint density at radius 2 is 1.47 bits per heavy atom. The van der Waals surface area contributed by atoms with Gasteiger partial charge in [-0.15, -0.1) is 0 Å². The molecule has 0 saturated heterocycles. The summed E-state index contributed by atoms with van der Waals surface area (Å²) in [5, 5.41) is 2.92. The smallest absolute Gasteiger partial charge is 0.247 e. The Labute approximate surface area is 211 Å². The third-order valence-electron chi connectivity index (χ3n) is 5.74. The van der Waals surface area contributed by atoms with E-state index in [4.69, 9.17) is 0 Å². The van der Waals surface area contributed by atoms with Crippen LogP contribution in [0.5, 0.6) is 0 Å². The van der Waals surface area contributed by atoms with E-state index in [1.807, 2.05) is 30.3 Å². The van der Waals surface area contributed by atoms with Gasteiger partial charge >= 0.3 is 0 Å². The maximum Gasteiger partial charge on any atom is 0.247 e. The molecule has 0 aliphatic heterocycles. The zero-order chi connectivity index (χ0) is 26.1.